The maximum atomic E-state index is 12.8. The highest BCUT2D eigenvalue weighted by Crippen LogP contribution is 2.39. The largest absolute Gasteiger partial charge is 0.493 e. The van der Waals surface area contributed by atoms with E-state index in [9.17, 15) is 13.2 Å². The summed E-state index contributed by atoms with van der Waals surface area (Å²) >= 11 is 0. The van der Waals surface area contributed by atoms with Gasteiger partial charge in [-0.05, 0) is 97.2 Å². The van der Waals surface area contributed by atoms with Crippen molar-refractivity contribution in [3.05, 3.63) is 89.6 Å². The van der Waals surface area contributed by atoms with Crippen LogP contribution in [0.25, 0.3) is 17.0 Å². The molecule has 50 heavy (non-hydrogen) atoms. The number of carbonyl (C=O) groups is 1. The van der Waals surface area contributed by atoms with E-state index in [1.807, 2.05) is 41.8 Å². The van der Waals surface area contributed by atoms with Gasteiger partial charge in [0.2, 0.25) is 15.9 Å². The Hall–Kier alpha value is -4.77. The van der Waals surface area contributed by atoms with Gasteiger partial charge in [0, 0.05) is 40.7 Å². The van der Waals surface area contributed by atoms with Crippen LogP contribution in [0.3, 0.4) is 0 Å². The van der Waals surface area contributed by atoms with Crippen molar-refractivity contribution < 1.29 is 22.7 Å². The molecule has 0 bridgehead atoms. The molecule has 0 aliphatic heterocycles. The van der Waals surface area contributed by atoms with Crippen molar-refractivity contribution in [2.75, 3.05) is 22.9 Å². The minimum Gasteiger partial charge on any atom is -0.493 e. The topological polar surface area (TPSA) is 127 Å². The fraction of sp³-hybridized carbons (Fsp3) is 0.385. The maximum absolute atomic E-state index is 12.8. The molecule has 3 N–H and O–H groups in total. The molecule has 2 aromatic heterocycles. The smallest absolute Gasteiger partial charge is 0.229 e. The van der Waals surface area contributed by atoms with E-state index in [1.54, 1.807) is 24.3 Å². The molecule has 0 atom stereocenters. The van der Waals surface area contributed by atoms with Gasteiger partial charge in [-0.15, -0.1) is 0 Å². The molecule has 3 aromatic carbocycles. The lowest BCUT2D eigenvalue weighted by Gasteiger charge is -2.30. The number of nitrogens with one attached hydrogen (secondary N) is 3. The molecule has 10 nitrogen and oxygen atoms in total. The van der Waals surface area contributed by atoms with E-state index in [4.69, 9.17) is 9.47 Å². The highest BCUT2D eigenvalue weighted by molar-refractivity contribution is 7.92. The molecule has 5 aromatic rings. The average Bonchev–Trinajstić information content (AvgIpc) is 3.61. The summed E-state index contributed by atoms with van der Waals surface area (Å²) in [5.74, 6) is 2.71. The lowest BCUT2D eigenvalue weighted by atomic mass is 9.76. The fourth-order valence-corrected chi connectivity index (χ4v) is 6.21. The molecule has 0 spiro atoms. The lowest BCUT2D eigenvalue weighted by molar-refractivity contribution is -0.116. The summed E-state index contributed by atoms with van der Waals surface area (Å²) in [4.78, 5) is 12.8. The second kappa shape index (κ2) is 14.6. The maximum Gasteiger partial charge on any atom is 0.229 e. The Morgan fingerprint density at radius 3 is 2.22 bits per heavy atom. The first-order chi connectivity index (χ1) is 23.6. The molecule has 1 amide bonds. The second-order valence-corrected chi connectivity index (χ2v) is 15.9. The summed E-state index contributed by atoms with van der Waals surface area (Å²) in [6, 6.07) is 20.8. The van der Waals surface area contributed by atoms with Crippen LogP contribution in [0.4, 0.5) is 11.4 Å². The molecule has 0 unspecified atom stereocenters. The van der Waals surface area contributed by atoms with Crippen molar-refractivity contribution in [2.45, 2.75) is 85.0 Å². The summed E-state index contributed by atoms with van der Waals surface area (Å²) in [6.07, 6.45) is 6.03. The number of benzene rings is 3. The van der Waals surface area contributed by atoms with E-state index in [0.29, 0.717) is 53.8 Å². The zero-order chi connectivity index (χ0) is 36.3. The van der Waals surface area contributed by atoms with E-state index in [2.05, 4.69) is 80.0 Å². The summed E-state index contributed by atoms with van der Waals surface area (Å²) in [6.45, 7) is 15.9. The lowest BCUT2D eigenvalue weighted by Crippen LogP contribution is -2.21. The number of carbonyl (C=O) groups excluding carboxylic acids is 1. The van der Waals surface area contributed by atoms with Crippen LogP contribution in [0, 0.1) is 6.92 Å². The molecule has 0 radical (unpaired) electrons. The summed E-state index contributed by atoms with van der Waals surface area (Å²) < 4.78 is 39.9. The van der Waals surface area contributed by atoms with Crippen molar-refractivity contribution >= 4 is 33.0 Å². The summed E-state index contributed by atoms with van der Waals surface area (Å²) in [5, 5.41) is 10.5. The molecule has 0 saturated carbocycles. The number of aromatic nitrogens is 3. The second-order valence-electron chi connectivity index (χ2n) is 14.2. The number of aromatic amines is 1. The van der Waals surface area contributed by atoms with Gasteiger partial charge in [-0.25, -0.2) is 8.42 Å². The van der Waals surface area contributed by atoms with E-state index >= 15 is 0 Å². The fourth-order valence-electron chi connectivity index (χ4n) is 5.64. The van der Waals surface area contributed by atoms with Crippen LogP contribution >= 0.6 is 0 Å². The van der Waals surface area contributed by atoms with E-state index in [1.165, 1.54) is 11.1 Å². The van der Waals surface area contributed by atoms with E-state index in [-0.39, 0.29) is 16.7 Å². The number of nitrogens with zero attached hydrogens (tertiary/aromatic N) is 2. The Morgan fingerprint density at radius 2 is 1.58 bits per heavy atom. The number of aryl methyl sites for hydroxylation is 1. The molecule has 11 heteroatoms. The number of fused-ring (bicyclic) bond motifs is 1. The number of hydrogen-bond acceptors (Lipinski definition) is 6. The van der Waals surface area contributed by atoms with Gasteiger partial charge in [-0.3, -0.25) is 19.0 Å². The van der Waals surface area contributed by atoms with Crippen molar-refractivity contribution in [1.82, 2.24) is 14.6 Å². The van der Waals surface area contributed by atoms with Crippen LogP contribution in [0.5, 0.6) is 17.2 Å². The van der Waals surface area contributed by atoms with Crippen molar-refractivity contribution in [1.29, 1.82) is 0 Å². The van der Waals surface area contributed by atoms with E-state index in [0.717, 1.165) is 36.0 Å². The van der Waals surface area contributed by atoms with Crippen LogP contribution in [-0.4, -0.2) is 41.8 Å². The highest BCUT2D eigenvalue weighted by Gasteiger charge is 2.26. The zero-order valence-electron chi connectivity index (χ0n) is 30.3. The summed E-state index contributed by atoms with van der Waals surface area (Å²) in [7, 11) is -3.36. The molecular formula is C39H49N5O5S. The monoisotopic (exact) mass is 699 g/mol. The number of H-pyrrole nitrogens is 1. The highest BCUT2D eigenvalue weighted by atomic mass is 32.2. The predicted molar refractivity (Wildman–Crippen MR) is 201 cm³/mol. The number of rotatable bonds is 15. The van der Waals surface area contributed by atoms with Gasteiger partial charge in [0.1, 0.15) is 11.5 Å². The van der Waals surface area contributed by atoms with Gasteiger partial charge in [-0.1, -0.05) is 53.7 Å². The molecule has 0 saturated heterocycles. The standard InChI is InChI=1S/C39H49N5O5S/c1-9-38(4,5)28-15-22-33(32(24-28)39(6,7)10-2)48-23-11-12-34(45)40-29-18-20-31(21-19-29)49-35-26(3)25-44-36(41-42-37(35)44)27-13-16-30(17-14-27)43-50(8,46)47/h13-22,24-25,42-43H,9-12,23H2,1-8H3,(H,40,45). The zero-order valence-corrected chi connectivity index (χ0v) is 31.1. The predicted octanol–water partition coefficient (Wildman–Crippen LogP) is 8.97. The van der Waals surface area contributed by atoms with Crippen molar-refractivity contribution in [3.8, 4) is 28.6 Å². The normalized spacial score (nSPS) is 12.2. The molecule has 5 rings (SSSR count). The molecule has 0 fully saturated rings. The quantitative estimate of drug-likeness (QED) is 0.0937. The molecule has 0 aliphatic rings. The van der Waals surface area contributed by atoms with Gasteiger partial charge in [0.05, 0.1) is 12.9 Å². The molecule has 2 heterocycles. The number of ether oxygens (including phenoxy) is 2. The molecular weight excluding hydrogens is 651 g/mol. The van der Waals surface area contributed by atoms with Crippen LogP contribution in [0.1, 0.15) is 83.9 Å². The third-order valence-corrected chi connectivity index (χ3v) is 10.1. The first-order valence-electron chi connectivity index (χ1n) is 17.1. The molecule has 0 aliphatic carbocycles. The van der Waals surface area contributed by atoms with Crippen molar-refractivity contribution in [3.63, 3.8) is 0 Å². The Kier molecular flexibility index (Phi) is 10.7. The van der Waals surface area contributed by atoms with Gasteiger partial charge >= 0.3 is 0 Å². The minimum absolute atomic E-state index is 0.0224. The van der Waals surface area contributed by atoms with Gasteiger partial charge in [0.15, 0.2) is 17.2 Å². The Morgan fingerprint density at radius 1 is 0.920 bits per heavy atom. The van der Waals surface area contributed by atoms with Crippen molar-refractivity contribution in [2.24, 2.45) is 0 Å². The van der Waals surface area contributed by atoms with Crippen LogP contribution < -0.4 is 19.5 Å². The van der Waals surface area contributed by atoms with E-state index < -0.39 is 10.0 Å². The number of anilines is 2. The number of sulfonamides is 1. The molecule has 266 valence electrons. The Bertz CT molecular complexity index is 2060. The van der Waals surface area contributed by atoms with Gasteiger partial charge < -0.3 is 14.8 Å². The average molecular weight is 700 g/mol. The Balaban J connectivity index is 1.16. The third kappa shape index (κ3) is 8.50. The summed E-state index contributed by atoms with van der Waals surface area (Å²) in [5.41, 5.74) is 6.15. The van der Waals surface area contributed by atoms with Gasteiger partial charge in [0.25, 0.3) is 0 Å². The first-order valence-corrected chi connectivity index (χ1v) is 19.0. The van der Waals surface area contributed by atoms with Crippen LogP contribution in [-0.2, 0) is 25.6 Å². The third-order valence-electron chi connectivity index (χ3n) is 9.50. The minimum atomic E-state index is -3.36. The van der Waals surface area contributed by atoms with Crippen LogP contribution in [0.2, 0.25) is 0 Å². The Labute approximate surface area is 295 Å². The first kappa shape index (κ1) is 36.5. The van der Waals surface area contributed by atoms with Crippen LogP contribution in [0.15, 0.2) is 72.9 Å². The number of amides is 1. The number of hydrogen-bond donors (Lipinski definition) is 3. The SMILES string of the molecule is CCC(C)(C)c1ccc(OCCCC(=O)Nc2ccc(Oc3c(C)cn4c(-c5ccc(NS(C)(=O)=O)cc5)n[nH]c34)cc2)c(C(C)(C)CC)c1. The van der Waals surface area contributed by atoms with Gasteiger partial charge in [-0.2, -0.15) is 5.10 Å².